The van der Waals surface area contributed by atoms with Gasteiger partial charge in [-0.25, -0.2) is 4.39 Å². The second-order valence-electron chi connectivity index (χ2n) is 5.93. The Morgan fingerprint density at radius 2 is 1.81 bits per heavy atom. The SMILES string of the molecule is O=C(c1cccc(Cl)c1Cl)N1CCn2c(nnc2-c2ccc(F)cc2)C1. The second kappa shape index (κ2) is 6.70. The van der Waals surface area contributed by atoms with Crippen molar-refractivity contribution in [3.05, 3.63) is 69.7 Å². The predicted octanol–water partition coefficient (Wildman–Crippen LogP) is 4.05. The summed E-state index contributed by atoms with van der Waals surface area (Å²) in [5.74, 6) is 0.826. The van der Waals surface area contributed by atoms with Crippen molar-refractivity contribution in [1.82, 2.24) is 19.7 Å². The Labute approximate surface area is 159 Å². The highest BCUT2D eigenvalue weighted by Crippen LogP contribution is 2.28. The molecule has 5 nitrogen and oxygen atoms in total. The number of aromatic nitrogens is 3. The van der Waals surface area contributed by atoms with Crippen LogP contribution in [0.25, 0.3) is 11.4 Å². The fourth-order valence-corrected chi connectivity index (χ4v) is 3.36. The molecule has 1 aliphatic rings. The zero-order valence-electron chi connectivity index (χ0n) is 13.5. The van der Waals surface area contributed by atoms with Crippen LogP contribution in [0.15, 0.2) is 42.5 Å². The lowest BCUT2D eigenvalue weighted by Crippen LogP contribution is -2.38. The molecule has 0 atom stereocenters. The van der Waals surface area contributed by atoms with Crippen LogP contribution in [-0.4, -0.2) is 32.1 Å². The van der Waals surface area contributed by atoms with Crippen molar-refractivity contribution >= 4 is 29.1 Å². The quantitative estimate of drug-likeness (QED) is 0.663. The number of rotatable bonds is 2. The van der Waals surface area contributed by atoms with E-state index in [1.165, 1.54) is 12.1 Å². The van der Waals surface area contributed by atoms with E-state index in [0.29, 0.717) is 41.9 Å². The van der Waals surface area contributed by atoms with E-state index in [-0.39, 0.29) is 16.7 Å². The zero-order chi connectivity index (χ0) is 18.3. The summed E-state index contributed by atoms with van der Waals surface area (Å²) in [6.07, 6.45) is 0. The Kier molecular flexibility index (Phi) is 4.38. The predicted molar refractivity (Wildman–Crippen MR) is 96.6 cm³/mol. The third kappa shape index (κ3) is 2.95. The molecule has 0 bridgehead atoms. The highest BCUT2D eigenvalue weighted by Gasteiger charge is 2.27. The molecule has 1 amide bonds. The van der Waals surface area contributed by atoms with Crippen molar-refractivity contribution in [2.24, 2.45) is 0 Å². The van der Waals surface area contributed by atoms with E-state index in [1.54, 1.807) is 35.2 Å². The van der Waals surface area contributed by atoms with E-state index in [0.717, 1.165) is 5.56 Å². The number of benzene rings is 2. The minimum absolute atomic E-state index is 0.199. The van der Waals surface area contributed by atoms with Gasteiger partial charge in [-0.3, -0.25) is 4.79 Å². The van der Waals surface area contributed by atoms with Crippen molar-refractivity contribution in [3.63, 3.8) is 0 Å². The maximum Gasteiger partial charge on any atom is 0.255 e. The molecule has 2 heterocycles. The Hall–Kier alpha value is -2.44. The van der Waals surface area contributed by atoms with Crippen molar-refractivity contribution in [1.29, 1.82) is 0 Å². The molecule has 0 radical (unpaired) electrons. The van der Waals surface area contributed by atoms with Gasteiger partial charge in [0.15, 0.2) is 11.6 Å². The topological polar surface area (TPSA) is 51.0 Å². The van der Waals surface area contributed by atoms with Gasteiger partial charge in [-0.15, -0.1) is 10.2 Å². The summed E-state index contributed by atoms with van der Waals surface area (Å²) in [5, 5.41) is 8.98. The summed E-state index contributed by atoms with van der Waals surface area (Å²) in [6.45, 7) is 1.34. The molecule has 132 valence electrons. The first-order valence-corrected chi connectivity index (χ1v) is 8.71. The monoisotopic (exact) mass is 390 g/mol. The highest BCUT2D eigenvalue weighted by molar-refractivity contribution is 6.43. The largest absolute Gasteiger partial charge is 0.329 e. The van der Waals surface area contributed by atoms with E-state index in [2.05, 4.69) is 10.2 Å². The Bertz CT molecular complexity index is 987. The lowest BCUT2D eigenvalue weighted by Gasteiger charge is -2.28. The lowest BCUT2D eigenvalue weighted by molar-refractivity contribution is 0.0708. The highest BCUT2D eigenvalue weighted by atomic mass is 35.5. The number of amides is 1. The van der Waals surface area contributed by atoms with Gasteiger partial charge in [-0.2, -0.15) is 0 Å². The van der Waals surface area contributed by atoms with Gasteiger partial charge in [0, 0.05) is 18.7 Å². The first-order valence-electron chi connectivity index (χ1n) is 7.96. The molecule has 26 heavy (non-hydrogen) atoms. The standard InChI is InChI=1S/C18H13Cl2FN4O/c19-14-3-1-2-13(16(14)20)18(26)24-8-9-25-15(10-24)22-23-17(25)11-4-6-12(21)7-5-11/h1-7H,8-10H2. The molecule has 0 saturated carbocycles. The summed E-state index contributed by atoms with van der Waals surface area (Å²) in [4.78, 5) is 14.4. The number of nitrogens with zero attached hydrogens (tertiary/aromatic N) is 4. The maximum atomic E-state index is 13.1. The molecule has 8 heteroatoms. The third-order valence-corrected chi connectivity index (χ3v) is 5.14. The maximum absolute atomic E-state index is 13.1. The van der Waals surface area contributed by atoms with Gasteiger partial charge in [-0.05, 0) is 36.4 Å². The summed E-state index contributed by atoms with van der Waals surface area (Å²) >= 11 is 12.2. The van der Waals surface area contributed by atoms with Crippen LogP contribution in [0.5, 0.6) is 0 Å². The van der Waals surface area contributed by atoms with Gasteiger partial charge < -0.3 is 9.47 Å². The van der Waals surface area contributed by atoms with Gasteiger partial charge >= 0.3 is 0 Å². The van der Waals surface area contributed by atoms with E-state index >= 15 is 0 Å². The number of fused-ring (bicyclic) bond motifs is 1. The fourth-order valence-electron chi connectivity index (χ4n) is 2.98. The van der Waals surface area contributed by atoms with E-state index in [9.17, 15) is 9.18 Å². The minimum atomic E-state index is -0.303. The smallest absolute Gasteiger partial charge is 0.255 e. The molecule has 0 spiro atoms. The van der Waals surface area contributed by atoms with Crippen LogP contribution in [-0.2, 0) is 13.1 Å². The van der Waals surface area contributed by atoms with Crippen LogP contribution in [0.4, 0.5) is 4.39 Å². The van der Waals surface area contributed by atoms with Crippen LogP contribution in [0.2, 0.25) is 10.0 Å². The number of hydrogen-bond donors (Lipinski definition) is 0. The summed E-state index contributed by atoms with van der Waals surface area (Å²) in [6, 6.07) is 11.1. The van der Waals surface area contributed by atoms with Crippen molar-refractivity contribution < 1.29 is 9.18 Å². The number of carbonyl (C=O) groups excluding carboxylic acids is 1. The number of halogens is 3. The number of hydrogen-bond acceptors (Lipinski definition) is 3. The first-order chi connectivity index (χ1) is 12.5. The summed E-state index contributed by atoms with van der Waals surface area (Å²) in [7, 11) is 0. The van der Waals surface area contributed by atoms with Crippen LogP contribution in [0, 0.1) is 5.82 Å². The molecule has 1 aromatic heterocycles. The van der Waals surface area contributed by atoms with E-state index in [1.807, 2.05) is 4.57 Å². The van der Waals surface area contributed by atoms with Crippen molar-refractivity contribution in [2.45, 2.75) is 13.1 Å². The van der Waals surface area contributed by atoms with Gasteiger partial charge in [0.25, 0.3) is 5.91 Å². The third-order valence-electron chi connectivity index (χ3n) is 4.32. The van der Waals surface area contributed by atoms with Crippen LogP contribution in [0.1, 0.15) is 16.2 Å². The summed E-state index contributed by atoms with van der Waals surface area (Å²) in [5.41, 5.74) is 1.15. The molecular weight excluding hydrogens is 378 g/mol. The molecule has 0 fully saturated rings. The van der Waals surface area contributed by atoms with Crippen LogP contribution >= 0.6 is 23.2 Å². The second-order valence-corrected chi connectivity index (χ2v) is 6.71. The molecule has 1 aliphatic heterocycles. The lowest BCUT2D eigenvalue weighted by atomic mass is 10.1. The molecule has 0 N–H and O–H groups in total. The van der Waals surface area contributed by atoms with Gasteiger partial charge in [0.2, 0.25) is 0 Å². The van der Waals surface area contributed by atoms with E-state index < -0.39 is 0 Å². The molecule has 2 aromatic carbocycles. The average Bonchev–Trinajstić information content (AvgIpc) is 3.07. The normalized spacial score (nSPS) is 13.6. The molecule has 0 aliphatic carbocycles. The average molecular weight is 391 g/mol. The Balaban J connectivity index is 1.60. The molecule has 3 aromatic rings. The molecule has 0 unspecified atom stereocenters. The molecular formula is C18H13Cl2FN4O. The molecule has 0 saturated heterocycles. The number of carbonyl (C=O) groups is 1. The first kappa shape index (κ1) is 17.0. The Morgan fingerprint density at radius 1 is 1.04 bits per heavy atom. The van der Waals surface area contributed by atoms with Gasteiger partial charge in [0.1, 0.15) is 5.82 Å². The van der Waals surface area contributed by atoms with E-state index in [4.69, 9.17) is 23.2 Å². The fraction of sp³-hybridized carbons (Fsp3) is 0.167. The van der Waals surface area contributed by atoms with Crippen molar-refractivity contribution in [3.8, 4) is 11.4 Å². The van der Waals surface area contributed by atoms with Crippen LogP contribution < -0.4 is 0 Å². The minimum Gasteiger partial charge on any atom is -0.329 e. The Morgan fingerprint density at radius 3 is 2.58 bits per heavy atom. The zero-order valence-corrected chi connectivity index (χ0v) is 15.0. The van der Waals surface area contributed by atoms with Crippen LogP contribution in [0.3, 0.4) is 0 Å². The summed E-state index contributed by atoms with van der Waals surface area (Å²) < 4.78 is 15.1. The van der Waals surface area contributed by atoms with Crippen molar-refractivity contribution in [2.75, 3.05) is 6.54 Å². The van der Waals surface area contributed by atoms with Gasteiger partial charge in [0.05, 0.1) is 22.2 Å². The van der Waals surface area contributed by atoms with Gasteiger partial charge in [-0.1, -0.05) is 29.3 Å². The molecule has 4 rings (SSSR count).